The summed E-state index contributed by atoms with van der Waals surface area (Å²) in [5.74, 6) is 1.15. The van der Waals surface area contributed by atoms with Crippen molar-refractivity contribution in [3.05, 3.63) is 23.5 Å². The summed E-state index contributed by atoms with van der Waals surface area (Å²) in [6, 6.07) is 3.89. The molecule has 0 saturated carbocycles. The van der Waals surface area contributed by atoms with Gasteiger partial charge in [0.15, 0.2) is 0 Å². The van der Waals surface area contributed by atoms with E-state index < -0.39 is 0 Å². The normalized spacial score (nSPS) is 12.0. The average Bonchev–Trinajstić information content (AvgIpc) is 2.17. The lowest BCUT2D eigenvalue weighted by Gasteiger charge is -2.22. The van der Waals surface area contributed by atoms with Crippen molar-refractivity contribution in [2.24, 2.45) is 0 Å². The second-order valence-electron chi connectivity index (χ2n) is 5.33. The Balaban J connectivity index is 2.95. The second-order valence-corrected chi connectivity index (χ2v) is 5.33. The van der Waals surface area contributed by atoms with E-state index in [9.17, 15) is 0 Å². The Morgan fingerprint density at radius 3 is 2.29 bits per heavy atom. The van der Waals surface area contributed by atoms with Crippen molar-refractivity contribution in [3.63, 3.8) is 0 Å². The Hall–Kier alpha value is -1.84. The van der Waals surface area contributed by atoms with Gasteiger partial charge >= 0.3 is 0 Å². The van der Waals surface area contributed by atoms with Crippen LogP contribution in [0.4, 0.5) is 11.5 Å². The average molecular weight is 230 g/mol. The lowest BCUT2D eigenvalue weighted by atomic mass is 9.84. The van der Waals surface area contributed by atoms with Crippen LogP contribution in [-0.2, 0) is 5.41 Å². The maximum absolute atomic E-state index is 6.02. The SMILES string of the molecule is Cc1nc(N)c2c(C(C)(C)C)ccc(N)c2n1. The van der Waals surface area contributed by atoms with Crippen LogP contribution in [0.1, 0.15) is 32.2 Å². The van der Waals surface area contributed by atoms with Gasteiger partial charge in [-0.2, -0.15) is 0 Å². The van der Waals surface area contributed by atoms with Gasteiger partial charge in [-0.15, -0.1) is 0 Å². The van der Waals surface area contributed by atoms with Gasteiger partial charge in [0.05, 0.1) is 11.2 Å². The van der Waals surface area contributed by atoms with E-state index >= 15 is 0 Å². The first-order chi connectivity index (χ1) is 7.80. The lowest BCUT2D eigenvalue weighted by Crippen LogP contribution is -2.14. The molecule has 0 aliphatic rings. The van der Waals surface area contributed by atoms with Crippen LogP contribution in [0.15, 0.2) is 12.1 Å². The molecule has 0 bridgehead atoms. The van der Waals surface area contributed by atoms with Crippen molar-refractivity contribution in [2.45, 2.75) is 33.1 Å². The maximum atomic E-state index is 6.02. The smallest absolute Gasteiger partial charge is 0.135 e. The Kier molecular flexibility index (Phi) is 2.45. The first-order valence-electron chi connectivity index (χ1n) is 5.63. The van der Waals surface area contributed by atoms with Crippen LogP contribution in [0.5, 0.6) is 0 Å². The number of benzene rings is 1. The van der Waals surface area contributed by atoms with E-state index in [1.807, 2.05) is 19.1 Å². The monoisotopic (exact) mass is 230 g/mol. The first-order valence-corrected chi connectivity index (χ1v) is 5.63. The molecule has 2 rings (SSSR count). The van der Waals surface area contributed by atoms with E-state index in [-0.39, 0.29) is 5.41 Å². The standard InChI is InChI=1S/C13H18N4/c1-7-16-11-9(14)6-5-8(13(2,3)4)10(11)12(15)17-7/h5-6H,14H2,1-4H3,(H2,15,16,17). The van der Waals surface area contributed by atoms with Crippen molar-refractivity contribution < 1.29 is 0 Å². The molecule has 1 heterocycles. The fraction of sp³-hybridized carbons (Fsp3) is 0.385. The molecule has 1 aromatic heterocycles. The molecule has 0 atom stereocenters. The Morgan fingerprint density at radius 1 is 1.06 bits per heavy atom. The highest BCUT2D eigenvalue weighted by molar-refractivity contribution is 5.98. The van der Waals surface area contributed by atoms with Crippen molar-refractivity contribution in [2.75, 3.05) is 11.5 Å². The molecule has 0 spiro atoms. The van der Waals surface area contributed by atoms with Gasteiger partial charge in [-0.05, 0) is 24.0 Å². The van der Waals surface area contributed by atoms with E-state index in [2.05, 4.69) is 30.7 Å². The van der Waals surface area contributed by atoms with Crippen molar-refractivity contribution >= 4 is 22.4 Å². The molecule has 0 saturated heterocycles. The third kappa shape index (κ3) is 1.90. The van der Waals surface area contributed by atoms with Gasteiger partial charge in [-0.1, -0.05) is 26.8 Å². The third-order valence-corrected chi connectivity index (χ3v) is 2.83. The van der Waals surface area contributed by atoms with Gasteiger partial charge in [0.25, 0.3) is 0 Å². The molecule has 90 valence electrons. The number of aromatic nitrogens is 2. The summed E-state index contributed by atoms with van der Waals surface area (Å²) in [5, 5.41) is 0.878. The minimum atomic E-state index is -0.0152. The summed E-state index contributed by atoms with van der Waals surface area (Å²) in [4.78, 5) is 8.62. The molecule has 4 heteroatoms. The first kappa shape index (κ1) is 11.6. The molecule has 17 heavy (non-hydrogen) atoms. The van der Waals surface area contributed by atoms with E-state index in [1.54, 1.807) is 0 Å². The number of anilines is 2. The Bertz CT molecular complexity index is 582. The molecular formula is C13H18N4. The minimum Gasteiger partial charge on any atom is -0.397 e. The molecule has 0 aliphatic heterocycles. The lowest BCUT2D eigenvalue weighted by molar-refractivity contribution is 0.596. The zero-order valence-corrected chi connectivity index (χ0v) is 10.7. The number of fused-ring (bicyclic) bond motifs is 1. The molecule has 0 radical (unpaired) electrons. The van der Waals surface area contributed by atoms with Crippen molar-refractivity contribution in [1.29, 1.82) is 0 Å². The van der Waals surface area contributed by atoms with Crippen LogP contribution < -0.4 is 11.5 Å². The van der Waals surface area contributed by atoms with Gasteiger partial charge in [-0.3, -0.25) is 0 Å². The van der Waals surface area contributed by atoms with Crippen LogP contribution in [0, 0.1) is 6.92 Å². The van der Waals surface area contributed by atoms with Gasteiger partial charge in [-0.25, -0.2) is 9.97 Å². The fourth-order valence-corrected chi connectivity index (χ4v) is 2.03. The van der Waals surface area contributed by atoms with E-state index in [4.69, 9.17) is 11.5 Å². The van der Waals surface area contributed by atoms with Crippen LogP contribution >= 0.6 is 0 Å². The van der Waals surface area contributed by atoms with E-state index in [0.29, 0.717) is 17.3 Å². The molecule has 2 aromatic rings. The number of rotatable bonds is 0. The van der Waals surface area contributed by atoms with Crippen LogP contribution in [0.2, 0.25) is 0 Å². The molecule has 0 amide bonds. The largest absolute Gasteiger partial charge is 0.397 e. The molecule has 0 fully saturated rings. The maximum Gasteiger partial charge on any atom is 0.135 e. The summed E-state index contributed by atoms with van der Waals surface area (Å²) in [6.07, 6.45) is 0. The van der Waals surface area contributed by atoms with Crippen LogP contribution in [-0.4, -0.2) is 9.97 Å². The van der Waals surface area contributed by atoms with Crippen LogP contribution in [0.25, 0.3) is 10.9 Å². The van der Waals surface area contributed by atoms with E-state index in [1.165, 1.54) is 0 Å². The number of nitrogens with two attached hydrogens (primary N) is 2. The van der Waals surface area contributed by atoms with Gasteiger partial charge in [0, 0.05) is 5.39 Å². The summed E-state index contributed by atoms with van der Waals surface area (Å²) in [7, 11) is 0. The zero-order valence-electron chi connectivity index (χ0n) is 10.7. The molecule has 4 nitrogen and oxygen atoms in total. The van der Waals surface area contributed by atoms with Crippen molar-refractivity contribution in [3.8, 4) is 0 Å². The molecule has 0 aliphatic carbocycles. The zero-order chi connectivity index (χ0) is 12.8. The van der Waals surface area contributed by atoms with Crippen molar-refractivity contribution in [1.82, 2.24) is 9.97 Å². The van der Waals surface area contributed by atoms with Gasteiger partial charge in [0.2, 0.25) is 0 Å². The molecule has 4 N–H and O–H groups in total. The summed E-state index contributed by atoms with van der Waals surface area (Å²) in [5.41, 5.74) is 14.5. The van der Waals surface area contributed by atoms with E-state index in [0.717, 1.165) is 16.5 Å². The summed E-state index contributed by atoms with van der Waals surface area (Å²) < 4.78 is 0. The number of aryl methyl sites for hydroxylation is 1. The second kappa shape index (κ2) is 3.58. The van der Waals surface area contributed by atoms with Crippen LogP contribution in [0.3, 0.4) is 0 Å². The molecular weight excluding hydrogens is 212 g/mol. The summed E-state index contributed by atoms with van der Waals surface area (Å²) in [6.45, 7) is 8.23. The topological polar surface area (TPSA) is 77.8 Å². The minimum absolute atomic E-state index is 0.0152. The highest BCUT2D eigenvalue weighted by Gasteiger charge is 2.20. The number of hydrogen-bond acceptors (Lipinski definition) is 4. The highest BCUT2D eigenvalue weighted by atomic mass is 14.9. The highest BCUT2D eigenvalue weighted by Crippen LogP contribution is 2.34. The molecule has 1 aromatic carbocycles. The Labute approximate surface area is 101 Å². The van der Waals surface area contributed by atoms with Gasteiger partial charge in [0.1, 0.15) is 11.6 Å². The summed E-state index contributed by atoms with van der Waals surface area (Å²) >= 11 is 0. The molecule has 0 unspecified atom stereocenters. The fourth-order valence-electron chi connectivity index (χ4n) is 2.03. The van der Waals surface area contributed by atoms with Gasteiger partial charge < -0.3 is 11.5 Å². The number of hydrogen-bond donors (Lipinski definition) is 2. The number of nitrogens with zero attached hydrogens (tertiary/aromatic N) is 2. The predicted octanol–water partition coefficient (Wildman–Crippen LogP) is 2.40. The third-order valence-electron chi connectivity index (χ3n) is 2.83. The quantitative estimate of drug-likeness (QED) is 0.681. The predicted molar refractivity (Wildman–Crippen MR) is 71.8 cm³/mol. The Morgan fingerprint density at radius 2 is 1.71 bits per heavy atom. The number of nitrogen functional groups attached to an aromatic ring is 2.